The molecule has 1 aromatic heterocycles. The van der Waals surface area contributed by atoms with E-state index in [0.717, 1.165) is 18.1 Å². The Kier molecular flexibility index (Phi) is 4.01. The molecule has 0 aliphatic carbocycles. The Bertz CT molecular complexity index is 497. The summed E-state index contributed by atoms with van der Waals surface area (Å²) < 4.78 is 7.36. The van der Waals surface area contributed by atoms with Gasteiger partial charge in [0.05, 0.1) is 12.7 Å². The summed E-state index contributed by atoms with van der Waals surface area (Å²) in [4.78, 5) is 0. The van der Waals surface area contributed by atoms with E-state index in [-0.39, 0.29) is 0 Å². The summed E-state index contributed by atoms with van der Waals surface area (Å²) in [7, 11) is 0. The van der Waals surface area contributed by atoms with Gasteiger partial charge in [0, 0.05) is 18.3 Å². The Balaban J connectivity index is 1.76. The molecule has 0 amide bonds. The number of aromatic nitrogens is 3. The van der Waals surface area contributed by atoms with Gasteiger partial charge in [-0.15, -0.1) is 5.10 Å². The number of rotatable bonds is 6. The van der Waals surface area contributed by atoms with Crippen LogP contribution in [0.25, 0.3) is 0 Å². The van der Waals surface area contributed by atoms with Crippen LogP contribution >= 0.6 is 0 Å². The first-order valence-corrected chi connectivity index (χ1v) is 5.90. The molecule has 0 saturated heterocycles. The Labute approximate surface area is 106 Å². The molecular weight excluding hydrogens is 230 g/mol. The van der Waals surface area contributed by atoms with Crippen LogP contribution in [0.1, 0.15) is 6.92 Å². The molecule has 0 aliphatic rings. The molecule has 96 valence electrons. The van der Waals surface area contributed by atoms with E-state index in [4.69, 9.17) is 10.5 Å². The highest BCUT2D eigenvalue weighted by Crippen LogP contribution is 2.14. The molecule has 3 N–H and O–H groups in total. The van der Waals surface area contributed by atoms with Crippen LogP contribution < -0.4 is 15.8 Å². The van der Waals surface area contributed by atoms with E-state index in [1.54, 1.807) is 16.9 Å². The van der Waals surface area contributed by atoms with Gasteiger partial charge in [0.1, 0.15) is 18.2 Å². The highest BCUT2D eigenvalue weighted by Gasteiger charge is 2.00. The molecule has 0 bridgehead atoms. The van der Waals surface area contributed by atoms with E-state index in [9.17, 15) is 0 Å². The molecule has 6 heteroatoms. The molecule has 0 aliphatic heterocycles. The normalized spacial score (nSPS) is 10.3. The van der Waals surface area contributed by atoms with Crippen molar-refractivity contribution in [2.24, 2.45) is 0 Å². The zero-order valence-corrected chi connectivity index (χ0v) is 10.3. The first kappa shape index (κ1) is 12.2. The van der Waals surface area contributed by atoms with Crippen molar-refractivity contribution in [3.8, 4) is 5.75 Å². The molecule has 2 rings (SSSR count). The van der Waals surface area contributed by atoms with Gasteiger partial charge in [-0.1, -0.05) is 11.3 Å². The Morgan fingerprint density at radius 2 is 2.33 bits per heavy atom. The lowest BCUT2D eigenvalue weighted by Gasteiger charge is -2.09. The van der Waals surface area contributed by atoms with Crippen molar-refractivity contribution in [2.75, 3.05) is 24.2 Å². The van der Waals surface area contributed by atoms with Crippen molar-refractivity contribution >= 4 is 11.5 Å². The third-order valence-corrected chi connectivity index (χ3v) is 2.45. The second kappa shape index (κ2) is 5.90. The Morgan fingerprint density at radius 3 is 3.11 bits per heavy atom. The number of hydrogen-bond acceptors (Lipinski definition) is 5. The van der Waals surface area contributed by atoms with E-state index in [1.807, 2.05) is 25.1 Å². The number of nitrogens with one attached hydrogen (secondary N) is 1. The predicted octanol–water partition coefficient (Wildman–Crippen LogP) is 1.37. The summed E-state index contributed by atoms with van der Waals surface area (Å²) in [6.07, 6.45) is 1.70. The van der Waals surface area contributed by atoms with Crippen LogP contribution in [0.2, 0.25) is 0 Å². The Morgan fingerprint density at radius 1 is 1.44 bits per heavy atom. The third kappa shape index (κ3) is 3.13. The number of ether oxygens (including phenoxy) is 1. The molecule has 0 unspecified atom stereocenters. The van der Waals surface area contributed by atoms with Crippen LogP contribution in [0.15, 0.2) is 30.5 Å². The summed E-state index contributed by atoms with van der Waals surface area (Å²) in [5.41, 5.74) is 6.36. The van der Waals surface area contributed by atoms with Crippen molar-refractivity contribution in [1.29, 1.82) is 0 Å². The van der Waals surface area contributed by atoms with E-state index in [2.05, 4.69) is 15.6 Å². The van der Waals surface area contributed by atoms with Gasteiger partial charge in [-0.25, -0.2) is 4.68 Å². The van der Waals surface area contributed by atoms with Crippen LogP contribution in [0.5, 0.6) is 5.75 Å². The zero-order valence-electron chi connectivity index (χ0n) is 10.3. The number of hydrogen-bond donors (Lipinski definition) is 2. The van der Waals surface area contributed by atoms with Gasteiger partial charge < -0.3 is 15.8 Å². The van der Waals surface area contributed by atoms with Crippen molar-refractivity contribution in [3.05, 3.63) is 30.5 Å². The minimum Gasteiger partial charge on any atom is -0.492 e. The molecule has 18 heavy (non-hydrogen) atoms. The van der Waals surface area contributed by atoms with E-state index in [0.29, 0.717) is 18.8 Å². The highest BCUT2D eigenvalue weighted by atomic mass is 16.5. The van der Waals surface area contributed by atoms with E-state index < -0.39 is 0 Å². The molecule has 1 heterocycles. The number of benzene rings is 1. The molecule has 0 atom stereocenters. The molecule has 6 nitrogen and oxygen atoms in total. The van der Waals surface area contributed by atoms with Gasteiger partial charge in [-0.05, 0) is 19.1 Å². The van der Waals surface area contributed by atoms with Crippen molar-refractivity contribution < 1.29 is 4.74 Å². The number of nitrogens with zero attached hydrogens (tertiary/aromatic N) is 3. The lowest BCUT2D eigenvalue weighted by molar-refractivity contribution is 0.332. The van der Waals surface area contributed by atoms with Gasteiger partial charge in [-0.3, -0.25) is 0 Å². The van der Waals surface area contributed by atoms with Crippen LogP contribution in [0, 0.1) is 0 Å². The quantitative estimate of drug-likeness (QED) is 0.595. The molecule has 2 aromatic rings. The molecule has 0 saturated carbocycles. The zero-order chi connectivity index (χ0) is 12.8. The standard InChI is InChI=1S/C12H17N5O/c1-2-17-12(9-15-16-17)14-6-7-18-11-5-3-4-10(13)8-11/h3-5,8-9,14H,2,6-7,13H2,1H3. The number of anilines is 2. The monoisotopic (exact) mass is 247 g/mol. The maximum absolute atomic E-state index is 5.66. The predicted molar refractivity (Wildman–Crippen MR) is 70.5 cm³/mol. The second-order valence-electron chi connectivity index (χ2n) is 3.78. The third-order valence-electron chi connectivity index (χ3n) is 2.45. The van der Waals surface area contributed by atoms with Gasteiger partial charge >= 0.3 is 0 Å². The SMILES string of the molecule is CCn1nncc1NCCOc1cccc(N)c1. The first-order chi connectivity index (χ1) is 8.79. The Hall–Kier alpha value is -2.24. The molecule has 0 spiro atoms. The topological polar surface area (TPSA) is 78.0 Å². The first-order valence-electron chi connectivity index (χ1n) is 5.90. The van der Waals surface area contributed by atoms with Crippen LogP contribution in [0.3, 0.4) is 0 Å². The number of nitrogens with two attached hydrogens (primary N) is 1. The van der Waals surface area contributed by atoms with Gasteiger partial charge in [0.15, 0.2) is 0 Å². The largest absolute Gasteiger partial charge is 0.492 e. The average Bonchev–Trinajstić information content (AvgIpc) is 2.82. The molecule has 1 aromatic carbocycles. The van der Waals surface area contributed by atoms with Gasteiger partial charge in [0.25, 0.3) is 0 Å². The summed E-state index contributed by atoms with van der Waals surface area (Å²) in [5, 5.41) is 11.0. The van der Waals surface area contributed by atoms with E-state index >= 15 is 0 Å². The fourth-order valence-electron chi connectivity index (χ4n) is 1.58. The maximum Gasteiger partial charge on any atom is 0.144 e. The molecule has 0 fully saturated rings. The fourth-order valence-corrected chi connectivity index (χ4v) is 1.58. The average molecular weight is 247 g/mol. The smallest absolute Gasteiger partial charge is 0.144 e. The van der Waals surface area contributed by atoms with E-state index in [1.165, 1.54) is 0 Å². The van der Waals surface area contributed by atoms with Gasteiger partial charge in [0.2, 0.25) is 0 Å². The van der Waals surface area contributed by atoms with Crippen LogP contribution in [-0.2, 0) is 6.54 Å². The van der Waals surface area contributed by atoms with Crippen molar-refractivity contribution in [2.45, 2.75) is 13.5 Å². The maximum atomic E-state index is 5.66. The lowest BCUT2D eigenvalue weighted by atomic mass is 10.3. The summed E-state index contributed by atoms with van der Waals surface area (Å²) in [6.45, 7) is 4.04. The molecular formula is C12H17N5O. The fraction of sp³-hybridized carbons (Fsp3) is 0.333. The lowest BCUT2D eigenvalue weighted by Crippen LogP contribution is -2.14. The minimum absolute atomic E-state index is 0.554. The second-order valence-corrected chi connectivity index (χ2v) is 3.78. The summed E-state index contributed by atoms with van der Waals surface area (Å²) in [5.74, 6) is 1.67. The molecule has 0 radical (unpaired) electrons. The van der Waals surface area contributed by atoms with Crippen molar-refractivity contribution in [3.63, 3.8) is 0 Å². The minimum atomic E-state index is 0.554. The van der Waals surface area contributed by atoms with Crippen LogP contribution in [0.4, 0.5) is 11.5 Å². The number of aryl methyl sites for hydroxylation is 1. The van der Waals surface area contributed by atoms with Gasteiger partial charge in [-0.2, -0.15) is 0 Å². The van der Waals surface area contributed by atoms with Crippen molar-refractivity contribution in [1.82, 2.24) is 15.0 Å². The highest BCUT2D eigenvalue weighted by molar-refractivity contribution is 5.43. The van der Waals surface area contributed by atoms with Crippen LogP contribution in [-0.4, -0.2) is 28.1 Å². The summed E-state index contributed by atoms with van der Waals surface area (Å²) in [6, 6.07) is 7.39. The summed E-state index contributed by atoms with van der Waals surface area (Å²) >= 11 is 0. The number of nitrogen functional groups attached to an aromatic ring is 1.